The third kappa shape index (κ3) is 1.97. The number of aliphatic carboxylic acids is 1. The smallest absolute Gasteiger partial charge is 0.323 e. The second kappa shape index (κ2) is 3.44. The van der Waals surface area contributed by atoms with E-state index in [4.69, 9.17) is 10.8 Å². The average molecular weight is 171 g/mol. The van der Waals surface area contributed by atoms with E-state index < -0.39 is 11.5 Å². The van der Waals surface area contributed by atoms with Crippen molar-refractivity contribution in [3.63, 3.8) is 0 Å². The first kappa shape index (κ1) is 9.52. The average Bonchev–Trinajstić information content (AvgIpc) is 2.12. The fourth-order valence-electron chi connectivity index (χ4n) is 1.95. The Balaban J connectivity index is 2.67. The molecule has 1 fully saturated rings. The third-order valence-electron chi connectivity index (χ3n) is 2.71. The third-order valence-corrected chi connectivity index (χ3v) is 2.71. The Morgan fingerprint density at radius 2 is 2.25 bits per heavy atom. The molecule has 0 amide bonds. The number of hydrogen-bond donors (Lipinski definition) is 2. The van der Waals surface area contributed by atoms with Gasteiger partial charge >= 0.3 is 5.97 Å². The zero-order chi connectivity index (χ0) is 9.19. The fourth-order valence-corrected chi connectivity index (χ4v) is 1.95. The van der Waals surface area contributed by atoms with Gasteiger partial charge in [0.25, 0.3) is 0 Å². The Kier molecular flexibility index (Phi) is 2.73. The van der Waals surface area contributed by atoms with Gasteiger partial charge in [0.05, 0.1) is 0 Å². The van der Waals surface area contributed by atoms with E-state index in [1.807, 2.05) is 0 Å². The second-order valence-electron chi connectivity index (χ2n) is 4.02. The molecule has 0 unspecified atom stereocenters. The van der Waals surface area contributed by atoms with Crippen LogP contribution in [0.15, 0.2) is 0 Å². The predicted molar refractivity (Wildman–Crippen MR) is 46.8 cm³/mol. The van der Waals surface area contributed by atoms with Crippen molar-refractivity contribution in [1.29, 1.82) is 0 Å². The molecular formula is C9H17NO2. The van der Waals surface area contributed by atoms with Crippen molar-refractivity contribution in [2.45, 2.75) is 44.6 Å². The summed E-state index contributed by atoms with van der Waals surface area (Å²) in [7, 11) is 0. The topological polar surface area (TPSA) is 63.3 Å². The van der Waals surface area contributed by atoms with Crippen molar-refractivity contribution >= 4 is 5.97 Å². The molecule has 0 saturated heterocycles. The summed E-state index contributed by atoms with van der Waals surface area (Å²) in [6.45, 7) is 2.08. The first-order valence-corrected chi connectivity index (χ1v) is 4.57. The molecule has 3 N–H and O–H groups in total. The van der Waals surface area contributed by atoms with E-state index in [1.165, 1.54) is 0 Å². The van der Waals surface area contributed by atoms with Crippen LogP contribution >= 0.6 is 0 Å². The summed E-state index contributed by atoms with van der Waals surface area (Å²) in [6.07, 6.45) is 4.45. The number of carbonyl (C=O) groups is 1. The van der Waals surface area contributed by atoms with Gasteiger partial charge in [-0.2, -0.15) is 0 Å². The molecule has 3 nitrogen and oxygen atoms in total. The Labute approximate surface area is 72.9 Å². The molecule has 0 aromatic carbocycles. The minimum Gasteiger partial charge on any atom is -0.480 e. The maximum Gasteiger partial charge on any atom is 0.323 e. The Morgan fingerprint density at radius 1 is 1.58 bits per heavy atom. The second-order valence-corrected chi connectivity index (χ2v) is 4.02. The Hall–Kier alpha value is -0.570. The van der Waals surface area contributed by atoms with Gasteiger partial charge in [-0.15, -0.1) is 0 Å². The molecule has 0 spiro atoms. The minimum atomic E-state index is -0.948. The van der Waals surface area contributed by atoms with Gasteiger partial charge in [-0.25, -0.2) is 0 Å². The first-order valence-electron chi connectivity index (χ1n) is 4.57. The van der Waals surface area contributed by atoms with Crippen LogP contribution in [0, 0.1) is 5.92 Å². The van der Waals surface area contributed by atoms with Gasteiger partial charge in [0, 0.05) is 0 Å². The van der Waals surface area contributed by atoms with Crippen LogP contribution in [0.25, 0.3) is 0 Å². The lowest BCUT2D eigenvalue weighted by Crippen LogP contribution is -2.48. The molecule has 0 aromatic heterocycles. The van der Waals surface area contributed by atoms with E-state index in [1.54, 1.807) is 0 Å². The SMILES string of the molecule is C[C@H]1CCCC[C@@](N)(C(=O)O)C1. The quantitative estimate of drug-likeness (QED) is 0.586. The highest BCUT2D eigenvalue weighted by molar-refractivity contribution is 5.78. The van der Waals surface area contributed by atoms with Gasteiger partial charge in [-0.1, -0.05) is 26.2 Å². The molecule has 1 aliphatic rings. The highest BCUT2D eigenvalue weighted by atomic mass is 16.4. The van der Waals surface area contributed by atoms with Gasteiger partial charge in [0.1, 0.15) is 5.54 Å². The molecule has 1 saturated carbocycles. The van der Waals surface area contributed by atoms with Crippen LogP contribution < -0.4 is 5.73 Å². The summed E-state index contributed by atoms with van der Waals surface area (Å²) in [5, 5.41) is 8.92. The molecule has 0 aromatic rings. The standard InChI is InChI=1S/C9H17NO2/c1-7-4-2-3-5-9(10,6-7)8(11)12/h7H,2-6,10H2,1H3,(H,11,12)/t7-,9-/m0/s1. The van der Waals surface area contributed by atoms with Crippen LogP contribution in [0.3, 0.4) is 0 Å². The van der Waals surface area contributed by atoms with Crippen molar-refractivity contribution < 1.29 is 9.90 Å². The monoisotopic (exact) mass is 171 g/mol. The molecule has 12 heavy (non-hydrogen) atoms. The molecule has 0 heterocycles. The van der Waals surface area contributed by atoms with Gasteiger partial charge in [0.2, 0.25) is 0 Å². The lowest BCUT2D eigenvalue weighted by Gasteiger charge is -2.24. The zero-order valence-electron chi connectivity index (χ0n) is 7.55. The normalized spacial score (nSPS) is 37.3. The number of carboxylic acids is 1. The van der Waals surface area contributed by atoms with Crippen LogP contribution in [0.2, 0.25) is 0 Å². The molecule has 1 aliphatic carbocycles. The molecule has 0 bridgehead atoms. The summed E-state index contributed by atoms with van der Waals surface area (Å²) in [6, 6.07) is 0. The van der Waals surface area contributed by atoms with Crippen LogP contribution in [-0.2, 0) is 4.79 Å². The summed E-state index contributed by atoms with van der Waals surface area (Å²) in [5.41, 5.74) is 4.84. The van der Waals surface area contributed by atoms with Crippen molar-refractivity contribution in [1.82, 2.24) is 0 Å². The number of hydrogen-bond acceptors (Lipinski definition) is 2. The highest BCUT2D eigenvalue weighted by Gasteiger charge is 2.36. The molecule has 0 aliphatic heterocycles. The van der Waals surface area contributed by atoms with Gasteiger partial charge in [-0.05, 0) is 18.8 Å². The van der Waals surface area contributed by atoms with Gasteiger partial charge in [-0.3, -0.25) is 4.79 Å². The van der Waals surface area contributed by atoms with E-state index in [9.17, 15) is 4.79 Å². The maximum atomic E-state index is 10.8. The highest BCUT2D eigenvalue weighted by Crippen LogP contribution is 2.28. The van der Waals surface area contributed by atoms with Gasteiger partial charge < -0.3 is 10.8 Å². The van der Waals surface area contributed by atoms with E-state index >= 15 is 0 Å². The van der Waals surface area contributed by atoms with Gasteiger partial charge in [0.15, 0.2) is 0 Å². The van der Waals surface area contributed by atoms with Crippen LogP contribution in [0.4, 0.5) is 0 Å². The molecule has 2 atom stereocenters. The summed E-state index contributed by atoms with van der Waals surface area (Å²) >= 11 is 0. The maximum absolute atomic E-state index is 10.8. The summed E-state index contributed by atoms with van der Waals surface area (Å²) in [5.74, 6) is -0.384. The number of carboxylic acid groups (broad SMARTS) is 1. The largest absolute Gasteiger partial charge is 0.480 e. The molecule has 70 valence electrons. The van der Waals surface area contributed by atoms with Crippen molar-refractivity contribution in [2.75, 3.05) is 0 Å². The Bertz CT molecular complexity index is 181. The summed E-state index contributed by atoms with van der Waals surface area (Å²) in [4.78, 5) is 10.8. The van der Waals surface area contributed by atoms with Crippen molar-refractivity contribution in [2.24, 2.45) is 11.7 Å². The lowest BCUT2D eigenvalue weighted by atomic mass is 9.88. The number of rotatable bonds is 1. The fraction of sp³-hybridized carbons (Fsp3) is 0.889. The van der Waals surface area contributed by atoms with E-state index in [0.717, 1.165) is 19.3 Å². The zero-order valence-corrected chi connectivity index (χ0v) is 7.55. The Morgan fingerprint density at radius 3 is 2.83 bits per heavy atom. The van der Waals surface area contributed by atoms with Crippen molar-refractivity contribution in [3.8, 4) is 0 Å². The summed E-state index contributed by atoms with van der Waals surface area (Å²) < 4.78 is 0. The van der Waals surface area contributed by atoms with Crippen molar-refractivity contribution in [3.05, 3.63) is 0 Å². The molecule has 3 heteroatoms. The predicted octanol–water partition coefficient (Wildman–Crippen LogP) is 1.37. The molecular weight excluding hydrogens is 154 g/mol. The molecule has 0 radical (unpaired) electrons. The molecule has 1 rings (SSSR count). The first-order chi connectivity index (χ1) is 5.54. The van der Waals surface area contributed by atoms with E-state index in [-0.39, 0.29) is 0 Å². The minimum absolute atomic E-state index is 0.452. The van der Waals surface area contributed by atoms with Crippen LogP contribution in [-0.4, -0.2) is 16.6 Å². The van der Waals surface area contributed by atoms with E-state index in [0.29, 0.717) is 18.8 Å². The van der Waals surface area contributed by atoms with E-state index in [2.05, 4.69) is 6.92 Å². The van der Waals surface area contributed by atoms with Crippen LogP contribution in [0.5, 0.6) is 0 Å². The number of nitrogens with two attached hydrogens (primary N) is 1. The van der Waals surface area contributed by atoms with Crippen LogP contribution in [0.1, 0.15) is 39.0 Å². The lowest BCUT2D eigenvalue weighted by molar-refractivity contribution is -0.144.